The number of likely N-dealkylation sites (N-methyl/N-ethyl adjacent to an activating group) is 1. The highest BCUT2D eigenvalue weighted by molar-refractivity contribution is 5.76. The molecule has 1 fully saturated rings. The minimum Gasteiger partial charge on any atom is -0.354 e. The molecule has 4 nitrogen and oxygen atoms in total. The van der Waals surface area contributed by atoms with Crippen molar-refractivity contribution in [2.24, 2.45) is 17.6 Å². The molecule has 4 heteroatoms. The first-order valence-electron chi connectivity index (χ1n) is 6.63. The van der Waals surface area contributed by atoms with Gasteiger partial charge in [0.05, 0.1) is 0 Å². The molecular formula is C13H27N3O. The first-order valence-corrected chi connectivity index (χ1v) is 6.63. The summed E-state index contributed by atoms with van der Waals surface area (Å²) in [7, 11) is 2.07. The summed E-state index contributed by atoms with van der Waals surface area (Å²) in [5.74, 6) is 1.76. The van der Waals surface area contributed by atoms with E-state index in [1.165, 1.54) is 6.42 Å². The van der Waals surface area contributed by atoms with Crippen molar-refractivity contribution in [3.8, 4) is 0 Å². The van der Waals surface area contributed by atoms with Crippen LogP contribution in [0.5, 0.6) is 0 Å². The summed E-state index contributed by atoms with van der Waals surface area (Å²) in [6.07, 6.45) is 1.83. The van der Waals surface area contributed by atoms with Crippen LogP contribution in [0.4, 0.5) is 0 Å². The van der Waals surface area contributed by atoms with Gasteiger partial charge in [-0.1, -0.05) is 6.92 Å². The third-order valence-electron chi connectivity index (χ3n) is 3.56. The Morgan fingerprint density at radius 3 is 2.53 bits per heavy atom. The van der Waals surface area contributed by atoms with Crippen LogP contribution in [-0.4, -0.2) is 43.0 Å². The van der Waals surface area contributed by atoms with Crippen LogP contribution in [0.25, 0.3) is 0 Å². The fraction of sp³-hybridized carbons (Fsp3) is 0.923. The number of rotatable bonds is 7. The Balaban J connectivity index is 2.33. The van der Waals surface area contributed by atoms with Gasteiger partial charge in [0.15, 0.2) is 0 Å². The van der Waals surface area contributed by atoms with Gasteiger partial charge in [0.1, 0.15) is 0 Å². The predicted octanol–water partition coefficient (Wildman–Crippen LogP) is 0.816. The molecule has 0 aromatic rings. The van der Waals surface area contributed by atoms with E-state index in [0.29, 0.717) is 13.0 Å². The number of hydrogen-bond donors (Lipinski definition) is 2. The lowest BCUT2D eigenvalue weighted by Gasteiger charge is -2.27. The van der Waals surface area contributed by atoms with E-state index in [2.05, 4.69) is 24.2 Å². The lowest BCUT2D eigenvalue weighted by atomic mass is 10.1. The van der Waals surface area contributed by atoms with Gasteiger partial charge in [0.2, 0.25) is 5.91 Å². The van der Waals surface area contributed by atoms with Crippen LogP contribution in [0, 0.1) is 11.8 Å². The molecule has 3 unspecified atom stereocenters. The Hall–Kier alpha value is -0.610. The number of nitrogens with one attached hydrogen (secondary N) is 1. The third-order valence-corrected chi connectivity index (χ3v) is 3.56. The minimum absolute atomic E-state index is 0.103. The van der Waals surface area contributed by atoms with Crippen molar-refractivity contribution in [3.05, 3.63) is 0 Å². The van der Waals surface area contributed by atoms with Crippen molar-refractivity contribution in [2.45, 2.75) is 45.7 Å². The fourth-order valence-corrected chi connectivity index (χ4v) is 2.19. The molecule has 0 radical (unpaired) electrons. The van der Waals surface area contributed by atoms with Gasteiger partial charge in [-0.3, -0.25) is 4.79 Å². The summed E-state index contributed by atoms with van der Waals surface area (Å²) in [6, 6.07) is 0.372. The van der Waals surface area contributed by atoms with E-state index < -0.39 is 0 Å². The Morgan fingerprint density at radius 2 is 2.12 bits per heavy atom. The maximum atomic E-state index is 11.7. The van der Waals surface area contributed by atoms with Gasteiger partial charge < -0.3 is 16.0 Å². The van der Waals surface area contributed by atoms with Gasteiger partial charge >= 0.3 is 0 Å². The topological polar surface area (TPSA) is 58.4 Å². The highest BCUT2D eigenvalue weighted by Gasteiger charge is 2.34. The SMILES string of the molecule is CC(C)NC(=O)CC(CN)N(C)CC1CC1C. The molecular weight excluding hydrogens is 214 g/mol. The molecule has 0 aromatic carbocycles. The van der Waals surface area contributed by atoms with E-state index in [1.54, 1.807) is 0 Å². The van der Waals surface area contributed by atoms with Crippen LogP contribution in [0.2, 0.25) is 0 Å². The number of nitrogens with two attached hydrogens (primary N) is 1. The molecule has 0 spiro atoms. The fourth-order valence-electron chi connectivity index (χ4n) is 2.19. The number of carbonyl (C=O) groups excluding carboxylic acids is 1. The molecule has 0 aromatic heterocycles. The van der Waals surface area contributed by atoms with E-state index in [9.17, 15) is 4.79 Å². The lowest BCUT2D eigenvalue weighted by molar-refractivity contribution is -0.122. The summed E-state index contributed by atoms with van der Waals surface area (Å²) < 4.78 is 0. The second kappa shape index (κ2) is 6.36. The first kappa shape index (κ1) is 14.5. The zero-order valence-corrected chi connectivity index (χ0v) is 11.6. The molecule has 0 aliphatic heterocycles. The summed E-state index contributed by atoms with van der Waals surface area (Å²) in [5.41, 5.74) is 5.76. The van der Waals surface area contributed by atoms with Crippen LogP contribution in [0.1, 0.15) is 33.6 Å². The monoisotopic (exact) mass is 241 g/mol. The second-order valence-electron chi connectivity index (χ2n) is 5.73. The lowest BCUT2D eigenvalue weighted by Crippen LogP contribution is -2.43. The minimum atomic E-state index is 0.103. The van der Waals surface area contributed by atoms with Gasteiger partial charge in [0, 0.05) is 31.6 Å². The molecule has 1 aliphatic rings. The maximum Gasteiger partial charge on any atom is 0.221 e. The van der Waals surface area contributed by atoms with Crippen LogP contribution in [-0.2, 0) is 4.79 Å². The van der Waals surface area contributed by atoms with Gasteiger partial charge in [-0.05, 0) is 39.2 Å². The molecule has 100 valence electrons. The van der Waals surface area contributed by atoms with E-state index in [0.717, 1.165) is 18.4 Å². The van der Waals surface area contributed by atoms with E-state index in [4.69, 9.17) is 5.73 Å². The average molecular weight is 241 g/mol. The van der Waals surface area contributed by atoms with E-state index >= 15 is 0 Å². The smallest absolute Gasteiger partial charge is 0.221 e. The Morgan fingerprint density at radius 1 is 1.53 bits per heavy atom. The van der Waals surface area contributed by atoms with E-state index in [1.807, 2.05) is 13.8 Å². The zero-order valence-electron chi connectivity index (χ0n) is 11.6. The van der Waals surface area contributed by atoms with Crippen molar-refractivity contribution in [1.82, 2.24) is 10.2 Å². The molecule has 0 bridgehead atoms. The van der Waals surface area contributed by atoms with Gasteiger partial charge in [-0.15, -0.1) is 0 Å². The van der Waals surface area contributed by atoms with Crippen molar-refractivity contribution in [1.29, 1.82) is 0 Å². The standard InChI is InChI=1S/C13H27N3O/c1-9(2)15-13(17)6-12(7-14)16(4)8-11-5-10(11)3/h9-12H,5-8,14H2,1-4H3,(H,15,17). The van der Waals surface area contributed by atoms with Gasteiger partial charge in [-0.25, -0.2) is 0 Å². The van der Waals surface area contributed by atoms with Crippen molar-refractivity contribution < 1.29 is 4.79 Å². The number of hydrogen-bond acceptors (Lipinski definition) is 3. The molecule has 0 heterocycles. The zero-order chi connectivity index (χ0) is 13.0. The summed E-state index contributed by atoms with van der Waals surface area (Å²) in [5, 5.41) is 2.92. The number of nitrogens with zero attached hydrogens (tertiary/aromatic N) is 1. The Bertz CT molecular complexity index is 255. The van der Waals surface area contributed by atoms with Gasteiger partial charge in [-0.2, -0.15) is 0 Å². The highest BCUT2D eigenvalue weighted by atomic mass is 16.1. The van der Waals surface area contributed by atoms with Crippen molar-refractivity contribution in [2.75, 3.05) is 20.1 Å². The van der Waals surface area contributed by atoms with Crippen molar-refractivity contribution >= 4 is 5.91 Å². The summed E-state index contributed by atoms with van der Waals surface area (Å²) in [4.78, 5) is 13.9. The molecule has 0 saturated heterocycles. The number of carbonyl (C=O) groups is 1. The quantitative estimate of drug-likeness (QED) is 0.693. The molecule has 1 saturated carbocycles. The Kier molecular flexibility index (Phi) is 5.40. The average Bonchev–Trinajstić information content (AvgIpc) is 2.89. The normalized spacial score (nSPS) is 25.1. The molecule has 3 atom stereocenters. The maximum absolute atomic E-state index is 11.7. The highest BCUT2D eigenvalue weighted by Crippen LogP contribution is 2.38. The predicted molar refractivity (Wildman–Crippen MR) is 70.6 cm³/mol. The molecule has 1 amide bonds. The van der Waals surface area contributed by atoms with E-state index in [-0.39, 0.29) is 18.0 Å². The molecule has 17 heavy (non-hydrogen) atoms. The Labute approximate surface area is 105 Å². The van der Waals surface area contributed by atoms with Crippen LogP contribution in [0.3, 0.4) is 0 Å². The third kappa shape index (κ3) is 5.04. The van der Waals surface area contributed by atoms with Crippen LogP contribution >= 0.6 is 0 Å². The van der Waals surface area contributed by atoms with Crippen LogP contribution in [0.15, 0.2) is 0 Å². The van der Waals surface area contributed by atoms with Crippen molar-refractivity contribution in [3.63, 3.8) is 0 Å². The number of amides is 1. The molecule has 3 N–H and O–H groups in total. The largest absolute Gasteiger partial charge is 0.354 e. The first-order chi connectivity index (χ1) is 7.93. The molecule has 1 rings (SSSR count). The molecule has 1 aliphatic carbocycles. The summed E-state index contributed by atoms with van der Waals surface area (Å²) in [6.45, 7) is 7.85. The second-order valence-corrected chi connectivity index (χ2v) is 5.73. The summed E-state index contributed by atoms with van der Waals surface area (Å²) >= 11 is 0. The van der Waals surface area contributed by atoms with Crippen LogP contribution < -0.4 is 11.1 Å². The van der Waals surface area contributed by atoms with Gasteiger partial charge in [0.25, 0.3) is 0 Å².